The van der Waals surface area contributed by atoms with Gasteiger partial charge in [-0.2, -0.15) is 5.10 Å². The average Bonchev–Trinajstić information content (AvgIpc) is 3.18. The predicted molar refractivity (Wildman–Crippen MR) is 92.7 cm³/mol. The summed E-state index contributed by atoms with van der Waals surface area (Å²) in [5, 5.41) is 8.07. The van der Waals surface area contributed by atoms with Gasteiger partial charge in [0.15, 0.2) is 0 Å². The van der Waals surface area contributed by atoms with E-state index in [-0.39, 0.29) is 18.6 Å². The highest BCUT2D eigenvalue weighted by molar-refractivity contribution is 5.69. The first-order valence-corrected chi connectivity index (χ1v) is 9.04. The molecule has 1 spiro atoms. The molecule has 2 fully saturated rings. The van der Waals surface area contributed by atoms with Gasteiger partial charge in [-0.05, 0) is 59.0 Å². The fourth-order valence-corrected chi connectivity index (χ4v) is 4.07. The molecule has 0 bridgehead atoms. The minimum Gasteiger partial charge on any atom is -0.462 e. The van der Waals surface area contributed by atoms with Crippen LogP contribution in [-0.2, 0) is 22.6 Å². The maximum Gasteiger partial charge on any atom is 0.328 e. The summed E-state index contributed by atoms with van der Waals surface area (Å²) in [5.41, 5.74) is 3.85. The van der Waals surface area contributed by atoms with Crippen molar-refractivity contribution in [3.05, 3.63) is 17.0 Å². The minimum absolute atomic E-state index is 0.0882. The molecule has 24 heavy (non-hydrogen) atoms. The van der Waals surface area contributed by atoms with Gasteiger partial charge in [0.25, 0.3) is 0 Å². The van der Waals surface area contributed by atoms with Crippen molar-refractivity contribution >= 4 is 5.97 Å². The summed E-state index contributed by atoms with van der Waals surface area (Å²) < 4.78 is 7.03. The van der Waals surface area contributed by atoms with E-state index in [1.165, 1.54) is 24.9 Å². The Kier molecular flexibility index (Phi) is 4.97. The van der Waals surface area contributed by atoms with E-state index in [0.29, 0.717) is 5.41 Å². The molecule has 6 nitrogen and oxygen atoms in total. The zero-order valence-electron chi connectivity index (χ0n) is 15.4. The van der Waals surface area contributed by atoms with Gasteiger partial charge < -0.3 is 10.1 Å². The fraction of sp³-hybridized carbons (Fsp3) is 0.778. The highest BCUT2D eigenvalue weighted by Gasteiger charge is 2.40. The zero-order chi connectivity index (χ0) is 17.3. The van der Waals surface area contributed by atoms with Crippen LogP contribution in [-0.4, -0.2) is 52.9 Å². The molecule has 0 aliphatic carbocycles. The number of carbonyl (C=O) groups excluding carboxylic acids is 1. The van der Waals surface area contributed by atoms with Gasteiger partial charge in [0, 0.05) is 30.9 Å². The van der Waals surface area contributed by atoms with E-state index in [4.69, 9.17) is 4.74 Å². The van der Waals surface area contributed by atoms with Crippen LogP contribution in [0.1, 0.15) is 43.6 Å². The molecule has 0 aromatic carbocycles. The third-order valence-electron chi connectivity index (χ3n) is 5.41. The summed E-state index contributed by atoms with van der Waals surface area (Å²) >= 11 is 0. The molecule has 134 valence electrons. The third-order valence-corrected chi connectivity index (χ3v) is 5.41. The summed E-state index contributed by atoms with van der Waals surface area (Å²) in [5.74, 6) is -0.223. The van der Waals surface area contributed by atoms with Crippen LogP contribution in [0.25, 0.3) is 0 Å². The van der Waals surface area contributed by atoms with Gasteiger partial charge in [-0.25, -0.2) is 0 Å². The second-order valence-electron chi connectivity index (χ2n) is 7.73. The molecule has 3 rings (SSSR count). The van der Waals surface area contributed by atoms with Gasteiger partial charge in [0.05, 0.1) is 11.8 Å². The molecule has 6 heteroatoms. The molecule has 3 heterocycles. The molecule has 1 unspecified atom stereocenters. The molecule has 1 aromatic heterocycles. The summed E-state index contributed by atoms with van der Waals surface area (Å²) in [6.45, 7) is 13.6. The Hall–Kier alpha value is -1.40. The van der Waals surface area contributed by atoms with Gasteiger partial charge in [-0.3, -0.25) is 14.4 Å². The maximum atomic E-state index is 11.9. The number of aromatic nitrogens is 2. The van der Waals surface area contributed by atoms with E-state index in [0.717, 1.165) is 37.6 Å². The monoisotopic (exact) mass is 334 g/mol. The Bertz CT molecular complexity index is 602. The Morgan fingerprint density at radius 1 is 1.38 bits per heavy atom. The third kappa shape index (κ3) is 3.64. The van der Waals surface area contributed by atoms with E-state index in [1.54, 1.807) is 4.68 Å². The summed E-state index contributed by atoms with van der Waals surface area (Å²) in [4.78, 5) is 14.5. The highest BCUT2D eigenvalue weighted by Crippen LogP contribution is 2.36. The normalized spacial score (nSPS) is 24.4. The number of esters is 1. The van der Waals surface area contributed by atoms with Crippen LogP contribution in [0.2, 0.25) is 0 Å². The fourth-order valence-electron chi connectivity index (χ4n) is 4.07. The van der Waals surface area contributed by atoms with Crippen LogP contribution in [0.3, 0.4) is 0 Å². The van der Waals surface area contributed by atoms with E-state index < -0.39 is 0 Å². The van der Waals surface area contributed by atoms with Crippen molar-refractivity contribution in [1.82, 2.24) is 20.0 Å². The van der Waals surface area contributed by atoms with Crippen molar-refractivity contribution in [2.45, 2.75) is 59.7 Å². The van der Waals surface area contributed by atoms with Gasteiger partial charge in [0.2, 0.25) is 0 Å². The van der Waals surface area contributed by atoms with Crippen molar-refractivity contribution in [2.24, 2.45) is 5.41 Å². The van der Waals surface area contributed by atoms with Gasteiger partial charge >= 0.3 is 5.97 Å². The molecular formula is C18H30N4O2. The predicted octanol–water partition coefficient (Wildman–Crippen LogP) is 1.64. The minimum atomic E-state index is -0.223. The van der Waals surface area contributed by atoms with Gasteiger partial charge in [-0.1, -0.05) is 0 Å². The molecule has 2 aliphatic rings. The van der Waals surface area contributed by atoms with E-state index in [2.05, 4.69) is 22.2 Å². The maximum absolute atomic E-state index is 11.9. The van der Waals surface area contributed by atoms with Gasteiger partial charge in [-0.15, -0.1) is 0 Å². The molecule has 2 aliphatic heterocycles. The lowest BCUT2D eigenvalue weighted by molar-refractivity contribution is -0.148. The number of rotatable bonds is 5. The van der Waals surface area contributed by atoms with Crippen LogP contribution < -0.4 is 5.32 Å². The number of ether oxygens (including phenoxy) is 1. The van der Waals surface area contributed by atoms with E-state index in [9.17, 15) is 4.79 Å². The van der Waals surface area contributed by atoms with Crippen LogP contribution in [0.4, 0.5) is 0 Å². The second kappa shape index (κ2) is 6.84. The number of aryl methyl sites for hydroxylation is 1. The number of nitrogens with zero attached hydrogens (tertiary/aromatic N) is 3. The van der Waals surface area contributed by atoms with Crippen LogP contribution >= 0.6 is 0 Å². The lowest BCUT2D eigenvalue weighted by Crippen LogP contribution is -2.29. The first kappa shape index (κ1) is 17.4. The number of nitrogens with one attached hydrogen (secondary N) is 1. The Balaban J connectivity index is 1.65. The smallest absolute Gasteiger partial charge is 0.328 e. The number of likely N-dealkylation sites (tertiary alicyclic amines) is 1. The largest absolute Gasteiger partial charge is 0.462 e. The first-order chi connectivity index (χ1) is 11.4. The molecule has 0 saturated carbocycles. The quantitative estimate of drug-likeness (QED) is 0.830. The summed E-state index contributed by atoms with van der Waals surface area (Å²) in [6, 6.07) is 0. The highest BCUT2D eigenvalue weighted by atomic mass is 16.5. The summed E-state index contributed by atoms with van der Waals surface area (Å²) in [6.07, 6.45) is 2.49. The Morgan fingerprint density at radius 3 is 2.83 bits per heavy atom. The van der Waals surface area contributed by atoms with Crippen molar-refractivity contribution in [3.8, 4) is 0 Å². The first-order valence-electron chi connectivity index (χ1n) is 9.04. The Morgan fingerprint density at radius 2 is 2.17 bits per heavy atom. The SMILES string of the molecule is Cc1nn(CC(=O)OC(C)C)c(C)c1CN1CCC2(CCNC2)C1. The molecule has 1 N–H and O–H groups in total. The van der Waals surface area contributed by atoms with Crippen LogP contribution in [0.15, 0.2) is 0 Å². The van der Waals surface area contributed by atoms with Crippen molar-refractivity contribution in [2.75, 3.05) is 26.2 Å². The molecule has 2 saturated heterocycles. The van der Waals surface area contributed by atoms with Crippen molar-refractivity contribution in [1.29, 1.82) is 0 Å². The van der Waals surface area contributed by atoms with Crippen molar-refractivity contribution in [3.63, 3.8) is 0 Å². The second-order valence-corrected chi connectivity index (χ2v) is 7.73. The van der Waals surface area contributed by atoms with Crippen molar-refractivity contribution < 1.29 is 9.53 Å². The standard InChI is InChI=1S/C18H30N4O2/c1-13(2)24-17(23)10-22-15(4)16(14(3)20-22)9-21-8-6-18(12-21)5-7-19-11-18/h13,19H,5-12H2,1-4H3. The molecule has 1 aromatic rings. The lowest BCUT2D eigenvalue weighted by Gasteiger charge is -2.23. The van der Waals surface area contributed by atoms with Crippen LogP contribution in [0.5, 0.6) is 0 Å². The zero-order valence-corrected chi connectivity index (χ0v) is 15.4. The average molecular weight is 334 g/mol. The summed E-state index contributed by atoms with van der Waals surface area (Å²) in [7, 11) is 0. The van der Waals surface area contributed by atoms with E-state index in [1.807, 2.05) is 20.8 Å². The number of hydrogen-bond acceptors (Lipinski definition) is 5. The molecule has 0 amide bonds. The molecule has 1 atom stereocenters. The van der Waals surface area contributed by atoms with Crippen LogP contribution in [0, 0.1) is 19.3 Å². The van der Waals surface area contributed by atoms with Gasteiger partial charge in [0.1, 0.15) is 6.54 Å². The lowest BCUT2D eigenvalue weighted by atomic mass is 9.86. The molecular weight excluding hydrogens is 304 g/mol. The Labute approximate surface area is 144 Å². The number of hydrogen-bond donors (Lipinski definition) is 1. The molecule has 0 radical (unpaired) electrons. The number of carbonyl (C=O) groups is 1. The topological polar surface area (TPSA) is 59.4 Å². The van der Waals surface area contributed by atoms with E-state index >= 15 is 0 Å².